The summed E-state index contributed by atoms with van der Waals surface area (Å²) < 4.78 is 56.9. The molecule has 0 aromatic carbocycles. The van der Waals surface area contributed by atoms with E-state index in [4.69, 9.17) is 5.11 Å². The van der Waals surface area contributed by atoms with Crippen molar-refractivity contribution in [3.63, 3.8) is 0 Å². The average Bonchev–Trinajstić information content (AvgIpc) is 2.89. The summed E-state index contributed by atoms with van der Waals surface area (Å²) in [7, 11) is 0. The van der Waals surface area contributed by atoms with E-state index in [1.807, 2.05) is 0 Å². The number of ether oxygens (including phenoxy) is 1. The van der Waals surface area contributed by atoms with Crippen molar-refractivity contribution in [3.8, 4) is 0 Å². The van der Waals surface area contributed by atoms with Gasteiger partial charge in [0.25, 0.3) is 0 Å². The second-order valence-electron chi connectivity index (χ2n) is 5.51. The molecule has 2 saturated carbocycles. The Bertz CT molecular complexity index is 424. The third-order valence-electron chi connectivity index (χ3n) is 3.99. The molecule has 0 amide bonds. The van der Waals surface area contributed by atoms with Crippen molar-refractivity contribution in [2.75, 3.05) is 0 Å². The highest BCUT2D eigenvalue weighted by Gasteiger charge is 2.55. The van der Waals surface area contributed by atoms with Crippen LogP contribution in [0.4, 0.5) is 17.6 Å². The van der Waals surface area contributed by atoms with Crippen molar-refractivity contribution in [1.29, 1.82) is 0 Å². The lowest BCUT2D eigenvalue weighted by Crippen LogP contribution is -2.43. The first-order chi connectivity index (χ1) is 9.12. The van der Waals surface area contributed by atoms with Crippen LogP contribution in [0.3, 0.4) is 0 Å². The van der Waals surface area contributed by atoms with Crippen molar-refractivity contribution >= 4 is 11.9 Å². The van der Waals surface area contributed by atoms with E-state index < -0.39 is 36.3 Å². The zero-order valence-corrected chi connectivity index (χ0v) is 10.5. The van der Waals surface area contributed by atoms with Crippen molar-refractivity contribution in [2.45, 2.75) is 50.1 Å². The molecule has 2 aliphatic rings. The van der Waals surface area contributed by atoms with Crippen LogP contribution < -0.4 is 0 Å². The molecule has 0 aromatic rings. The number of aliphatic carboxylic acids is 1. The number of halogens is 4. The summed E-state index contributed by atoms with van der Waals surface area (Å²) in [6, 6.07) is 0. The highest BCUT2D eigenvalue weighted by molar-refractivity contribution is 5.81. The predicted molar refractivity (Wildman–Crippen MR) is 57.5 cm³/mol. The molecular weight excluding hydrogens is 284 g/mol. The number of carbonyl (C=O) groups is 2. The second-order valence-corrected chi connectivity index (χ2v) is 5.51. The van der Waals surface area contributed by atoms with Crippen LogP contribution in [0.15, 0.2) is 0 Å². The van der Waals surface area contributed by atoms with Crippen LogP contribution in [0.25, 0.3) is 0 Å². The van der Waals surface area contributed by atoms with E-state index in [-0.39, 0.29) is 5.92 Å². The number of esters is 1. The summed E-state index contributed by atoms with van der Waals surface area (Å²) in [4.78, 5) is 21.4. The number of fused-ring (bicyclic) bond motifs is 2. The van der Waals surface area contributed by atoms with E-state index >= 15 is 0 Å². The molecule has 2 aliphatic carbocycles. The maximum Gasteiger partial charge on any atom is 0.377 e. The number of rotatable bonds is 5. The first-order valence-corrected chi connectivity index (χ1v) is 6.32. The molecule has 2 fully saturated rings. The third kappa shape index (κ3) is 2.88. The molecule has 114 valence electrons. The third-order valence-corrected chi connectivity index (χ3v) is 3.99. The predicted octanol–water partition coefficient (Wildman–Crippen LogP) is 2.46. The second kappa shape index (κ2) is 4.89. The van der Waals surface area contributed by atoms with Crippen LogP contribution in [0, 0.1) is 11.8 Å². The van der Waals surface area contributed by atoms with Gasteiger partial charge in [0.2, 0.25) is 0 Å². The van der Waals surface area contributed by atoms with E-state index in [2.05, 4.69) is 4.74 Å². The zero-order chi connectivity index (χ0) is 15.1. The van der Waals surface area contributed by atoms with Crippen molar-refractivity contribution in [3.05, 3.63) is 0 Å². The molecule has 4 nitrogen and oxygen atoms in total. The summed E-state index contributed by atoms with van der Waals surface area (Å²) in [6.45, 7) is 0. The molecule has 0 radical (unpaired) electrons. The van der Waals surface area contributed by atoms with Gasteiger partial charge in [-0.05, 0) is 37.5 Å². The number of hydrogen-bond donors (Lipinski definition) is 1. The largest absolute Gasteiger partial charge is 0.477 e. The summed E-state index contributed by atoms with van der Waals surface area (Å²) in [6.07, 6.45) is -0.0253. The maximum atomic E-state index is 13.4. The minimum atomic E-state index is -4.67. The first kappa shape index (κ1) is 15.1. The highest BCUT2D eigenvalue weighted by atomic mass is 19.3. The van der Waals surface area contributed by atoms with Gasteiger partial charge in [0.1, 0.15) is 6.10 Å². The Hall–Kier alpha value is -1.34. The Balaban J connectivity index is 1.95. The van der Waals surface area contributed by atoms with Crippen LogP contribution in [0.1, 0.15) is 32.1 Å². The first-order valence-electron chi connectivity index (χ1n) is 6.32. The molecule has 3 atom stereocenters. The SMILES string of the molecule is O=C(O)C(F)(F)CC(F)(F)C(=O)OC1CC2CCC1C2. The van der Waals surface area contributed by atoms with E-state index in [1.54, 1.807) is 0 Å². The monoisotopic (exact) mass is 298 g/mol. The van der Waals surface area contributed by atoms with Gasteiger partial charge in [0.05, 0.1) is 6.42 Å². The molecule has 2 rings (SSSR count). The van der Waals surface area contributed by atoms with Crippen molar-refractivity contribution < 1.29 is 37.0 Å². The van der Waals surface area contributed by atoms with Gasteiger partial charge in [0.15, 0.2) is 0 Å². The highest BCUT2D eigenvalue weighted by Crippen LogP contribution is 2.46. The molecule has 0 spiro atoms. The molecule has 8 heteroatoms. The minimum Gasteiger partial charge on any atom is -0.477 e. The number of alkyl halides is 4. The van der Waals surface area contributed by atoms with Gasteiger partial charge in [-0.1, -0.05) is 0 Å². The van der Waals surface area contributed by atoms with Gasteiger partial charge in [-0.3, -0.25) is 0 Å². The molecule has 0 aromatic heterocycles. The number of hydrogen-bond acceptors (Lipinski definition) is 3. The van der Waals surface area contributed by atoms with Gasteiger partial charge < -0.3 is 9.84 Å². The molecule has 0 aliphatic heterocycles. The Morgan fingerprint density at radius 3 is 2.20 bits per heavy atom. The van der Waals surface area contributed by atoms with Gasteiger partial charge in [-0.2, -0.15) is 17.6 Å². The van der Waals surface area contributed by atoms with E-state index in [0.29, 0.717) is 12.3 Å². The van der Waals surface area contributed by atoms with Crippen LogP contribution in [0.5, 0.6) is 0 Å². The summed E-state index contributed by atoms with van der Waals surface area (Å²) in [5.41, 5.74) is 0. The molecule has 20 heavy (non-hydrogen) atoms. The molecule has 0 saturated heterocycles. The Morgan fingerprint density at radius 2 is 1.75 bits per heavy atom. The van der Waals surface area contributed by atoms with Crippen LogP contribution in [0.2, 0.25) is 0 Å². The van der Waals surface area contributed by atoms with Crippen LogP contribution in [-0.2, 0) is 14.3 Å². The fourth-order valence-electron chi connectivity index (χ4n) is 2.98. The lowest BCUT2D eigenvalue weighted by molar-refractivity contribution is -0.198. The Kier molecular flexibility index (Phi) is 3.68. The van der Waals surface area contributed by atoms with Crippen molar-refractivity contribution in [2.24, 2.45) is 11.8 Å². The fourth-order valence-corrected chi connectivity index (χ4v) is 2.98. The number of carbonyl (C=O) groups excluding carboxylic acids is 1. The molecule has 0 heterocycles. The Labute approximate surface area is 112 Å². The number of carboxylic acids is 1. The Morgan fingerprint density at radius 1 is 1.10 bits per heavy atom. The van der Waals surface area contributed by atoms with Gasteiger partial charge in [-0.15, -0.1) is 0 Å². The maximum absolute atomic E-state index is 13.4. The van der Waals surface area contributed by atoms with E-state index in [9.17, 15) is 27.2 Å². The molecule has 1 N–H and O–H groups in total. The van der Waals surface area contributed by atoms with E-state index in [1.165, 1.54) is 0 Å². The normalized spacial score (nSPS) is 29.5. The van der Waals surface area contributed by atoms with Gasteiger partial charge in [0, 0.05) is 0 Å². The average molecular weight is 298 g/mol. The summed E-state index contributed by atoms with van der Waals surface area (Å²) in [5, 5.41) is 8.12. The van der Waals surface area contributed by atoms with Crippen LogP contribution >= 0.6 is 0 Å². The minimum absolute atomic E-state index is 0.0136. The topological polar surface area (TPSA) is 63.6 Å². The smallest absolute Gasteiger partial charge is 0.377 e. The quantitative estimate of drug-likeness (QED) is 0.625. The van der Waals surface area contributed by atoms with Crippen molar-refractivity contribution in [1.82, 2.24) is 0 Å². The molecule has 3 unspecified atom stereocenters. The summed E-state index contributed by atoms with van der Waals surface area (Å²) in [5.74, 6) is -13.6. The molecular formula is C12H14F4O4. The fraction of sp³-hybridized carbons (Fsp3) is 0.833. The molecule has 2 bridgehead atoms. The number of carboxylic acid groups (broad SMARTS) is 1. The lowest BCUT2D eigenvalue weighted by atomic mass is 9.97. The standard InChI is InChI=1S/C12H14F4O4/c13-11(14,9(17)18)5-12(15,16)10(19)20-8-4-6-1-2-7(8)3-6/h6-8H,1-5H2,(H,17,18). The van der Waals surface area contributed by atoms with E-state index in [0.717, 1.165) is 19.3 Å². The van der Waals surface area contributed by atoms with Gasteiger partial charge in [-0.25, -0.2) is 9.59 Å². The zero-order valence-electron chi connectivity index (χ0n) is 10.5. The van der Waals surface area contributed by atoms with Gasteiger partial charge >= 0.3 is 23.8 Å². The van der Waals surface area contributed by atoms with Crippen LogP contribution in [-0.4, -0.2) is 35.0 Å². The lowest BCUT2D eigenvalue weighted by Gasteiger charge is -2.25. The summed E-state index contributed by atoms with van der Waals surface area (Å²) >= 11 is 0.